The molecule has 2 aromatic rings. The van der Waals surface area contributed by atoms with Crippen LogP contribution in [0, 0.1) is 12.3 Å². The normalized spacial score (nSPS) is 10.2. The molecule has 0 radical (unpaired) electrons. The summed E-state index contributed by atoms with van der Waals surface area (Å²) in [4.78, 5) is 30.4. The molecule has 1 aromatic heterocycles. The number of carbonyl (C=O) groups is 1. The highest BCUT2D eigenvalue weighted by molar-refractivity contribution is 5.77. The summed E-state index contributed by atoms with van der Waals surface area (Å²) in [6.45, 7) is 0.250. The van der Waals surface area contributed by atoms with Crippen molar-refractivity contribution in [3.63, 3.8) is 0 Å². The molecule has 5 heteroatoms. The van der Waals surface area contributed by atoms with Crippen molar-refractivity contribution in [2.45, 2.75) is 25.7 Å². The van der Waals surface area contributed by atoms with Gasteiger partial charge in [0.25, 0.3) is 5.56 Å². The number of H-pyrrole nitrogens is 1. The number of nitrogens with one attached hydrogen (secondary N) is 1. The summed E-state index contributed by atoms with van der Waals surface area (Å²) in [6.07, 6.45) is 6.85. The van der Waals surface area contributed by atoms with Gasteiger partial charge in [0.1, 0.15) is 12.4 Å². The Morgan fingerprint density at radius 2 is 2.19 bits per heavy atom. The smallest absolute Gasteiger partial charge is 0.305 e. The lowest BCUT2D eigenvalue weighted by atomic mass is 10.2. The molecule has 0 amide bonds. The molecule has 1 N–H and O–H groups in total. The van der Waals surface area contributed by atoms with Crippen LogP contribution >= 0.6 is 0 Å². The van der Waals surface area contributed by atoms with E-state index in [-0.39, 0.29) is 24.6 Å². The molecule has 0 saturated heterocycles. The summed E-state index contributed by atoms with van der Waals surface area (Å²) in [5.41, 5.74) is 0.500. The third kappa shape index (κ3) is 4.18. The van der Waals surface area contributed by atoms with Gasteiger partial charge < -0.3 is 9.72 Å². The number of esters is 1. The number of fused-ring (bicyclic) bond motifs is 1. The Kier molecular flexibility index (Phi) is 5.10. The maximum absolute atomic E-state index is 11.9. The average Bonchev–Trinajstić information content (AvgIpc) is 2.48. The first-order chi connectivity index (χ1) is 10.2. The first-order valence-corrected chi connectivity index (χ1v) is 6.77. The van der Waals surface area contributed by atoms with Crippen LogP contribution in [0.2, 0.25) is 0 Å². The molecule has 1 heterocycles. The largest absolute Gasteiger partial charge is 0.465 e. The fourth-order valence-corrected chi connectivity index (χ4v) is 1.95. The van der Waals surface area contributed by atoms with E-state index in [4.69, 9.17) is 11.2 Å². The monoisotopic (exact) mass is 284 g/mol. The van der Waals surface area contributed by atoms with Crippen molar-refractivity contribution >= 4 is 16.9 Å². The van der Waals surface area contributed by atoms with Gasteiger partial charge in [-0.25, -0.2) is 4.98 Å². The molecule has 21 heavy (non-hydrogen) atoms. The summed E-state index contributed by atoms with van der Waals surface area (Å²) in [7, 11) is 0. The van der Waals surface area contributed by atoms with Crippen molar-refractivity contribution in [1.82, 2.24) is 9.97 Å². The van der Waals surface area contributed by atoms with Crippen molar-refractivity contribution < 1.29 is 9.53 Å². The second-order valence-electron chi connectivity index (χ2n) is 4.56. The zero-order valence-corrected chi connectivity index (χ0v) is 11.6. The van der Waals surface area contributed by atoms with Crippen LogP contribution in [0.3, 0.4) is 0 Å². The van der Waals surface area contributed by atoms with Crippen LogP contribution < -0.4 is 5.56 Å². The van der Waals surface area contributed by atoms with Gasteiger partial charge in [0.05, 0.1) is 10.9 Å². The third-order valence-electron chi connectivity index (χ3n) is 2.97. The van der Waals surface area contributed by atoms with Gasteiger partial charge in [-0.1, -0.05) is 12.1 Å². The molecular weight excluding hydrogens is 268 g/mol. The summed E-state index contributed by atoms with van der Waals surface area (Å²) < 4.78 is 4.94. The van der Waals surface area contributed by atoms with E-state index in [0.29, 0.717) is 36.0 Å². The number of hydrogen-bond acceptors (Lipinski definition) is 4. The molecule has 2 rings (SSSR count). The Labute approximate surface area is 122 Å². The molecule has 0 spiro atoms. The summed E-state index contributed by atoms with van der Waals surface area (Å²) in [6, 6.07) is 7.16. The van der Waals surface area contributed by atoms with Crippen LogP contribution in [0.25, 0.3) is 10.9 Å². The fraction of sp³-hybridized carbons (Fsp3) is 0.312. The average molecular weight is 284 g/mol. The van der Waals surface area contributed by atoms with Crippen LogP contribution in [-0.4, -0.2) is 22.5 Å². The molecular formula is C16H16N2O3. The number of carbonyl (C=O) groups excluding carboxylic acids is 1. The number of terminal acetylenes is 1. The van der Waals surface area contributed by atoms with Crippen LogP contribution in [0.15, 0.2) is 29.1 Å². The van der Waals surface area contributed by atoms with Gasteiger partial charge in [-0.2, -0.15) is 0 Å². The van der Waals surface area contributed by atoms with E-state index >= 15 is 0 Å². The first-order valence-electron chi connectivity index (χ1n) is 6.77. The third-order valence-corrected chi connectivity index (χ3v) is 2.97. The van der Waals surface area contributed by atoms with Gasteiger partial charge in [0.15, 0.2) is 0 Å². The molecule has 0 unspecified atom stereocenters. The molecule has 0 aliphatic heterocycles. The summed E-state index contributed by atoms with van der Waals surface area (Å²) in [5.74, 6) is 2.70. The second-order valence-corrected chi connectivity index (χ2v) is 4.56. The lowest BCUT2D eigenvalue weighted by molar-refractivity contribution is -0.143. The SMILES string of the molecule is C#CCCOC(=O)CCCc1nc2ccccc2c(=O)[nH]1. The molecule has 0 aliphatic rings. The molecule has 0 atom stereocenters. The van der Waals surface area contributed by atoms with Crippen molar-refractivity contribution in [1.29, 1.82) is 0 Å². The van der Waals surface area contributed by atoms with Gasteiger partial charge in [0.2, 0.25) is 0 Å². The standard InChI is InChI=1S/C16H16N2O3/c1-2-3-11-21-15(19)10-6-9-14-17-13-8-5-4-7-12(13)16(20)18-14/h1,4-5,7-8H,3,6,9-11H2,(H,17,18,20). The highest BCUT2D eigenvalue weighted by atomic mass is 16.5. The van der Waals surface area contributed by atoms with Crippen LogP contribution in [0.4, 0.5) is 0 Å². The predicted octanol–water partition coefficient (Wildman–Crippen LogP) is 1.81. The lowest BCUT2D eigenvalue weighted by Gasteiger charge is -2.04. The van der Waals surface area contributed by atoms with E-state index in [0.717, 1.165) is 0 Å². The lowest BCUT2D eigenvalue weighted by Crippen LogP contribution is -2.12. The van der Waals surface area contributed by atoms with E-state index < -0.39 is 0 Å². The number of aromatic amines is 1. The minimum Gasteiger partial charge on any atom is -0.465 e. The fourth-order valence-electron chi connectivity index (χ4n) is 1.95. The number of benzene rings is 1. The number of ether oxygens (including phenoxy) is 1. The zero-order chi connectivity index (χ0) is 15.1. The quantitative estimate of drug-likeness (QED) is 0.499. The first kappa shape index (κ1) is 14.8. The molecule has 0 saturated carbocycles. The van der Waals surface area contributed by atoms with Crippen molar-refractivity contribution in [3.8, 4) is 12.3 Å². The van der Waals surface area contributed by atoms with Crippen molar-refractivity contribution in [2.75, 3.05) is 6.61 Å². The van der Waals surface area contributed by atoms with Crippen molar-refractivity contribution in [2.24, 2.45) is 0 Å². The minimum absolute atomic E-state index is 0.160. The molecule has 0 fully saturated rings. The van der Waals surface area contributed by atoms with Crippen LogP contribution in [-0.2, 0) is 16.0 Å². The number of hydrogen-bond donors (Lipinski definition) is 1. The Morgan fingerprint density at radius 3 is 3.00 bits per heavy atom. The van der Waals surface area contributed by atoms with Gasteiger partial charge in [-0.3, -0.25) is 9.59 Å². The minimum atomic E-state index is -0.284. The maximum atomic E-state index is 11.9. The predicted molar refractivity (Wildman–Crippen MR) is 79.7 cm³/mol. The Morgan fingerprint density at radius 1 is 1.38 bits per heavy atom. The zero-order valence-electron chi connectivity index (χ0n) is 11.6. The van der Waals surface area contributed by atoms with E-state index in [1.54, 1.807) is 18.2 Å². The number of nitrogens with zero attached hydrogens (tertiary/aromatic N) is 1. The van der Waals surface area contributed by atoms with Gasteiger partial charge in [-0.05, 0) is 18.6 Å². The molecule has 1 aromatic carbocycles. The van der Waals surface area contributed by atoms with Crippen LogP contribution in [0.5, 0.6) is 0 Å². The molecule has 5 nitrogen and oxygen atoms in total. The van der Waals surface area contributed by atoms with Crippen molar-refractivity contribution in [3.05, 3.63) is 40.4 Å². The van der Waals surface area contributed by atoms with Gasteiger partial charge in [-0.15, -0.1) is 12.3 Å². The maximum Gasteiger partial charge on any atom is 0.305 e. The Bertz CT molecular complexity index is 728. The number of aromatic nitrogens is 2. The van der Waals surface area contributed by atoms with Crippen LogP contribution in [0.1, 0.15) is 25.1 Å². The molecule has 108 valence electrons. The Hall–Kier alpha value is -2.61. The molecule has 0 aliphatic carbocycles. The Balaban J connectivity index is 1.91. The summed E-state index contributed by atoms with van der Waals surface area (Å²) in [5, 5.41) is 0.565. The van der Waals surface area contributed by atoms with E-state index in [1.807, 2.05) is 6.07 Å². The van der Waals surface area contributed by atoms with E-state index in [2.05, 4.69) is 15.9 Å². The molecule has 0 bridgehead atoms. The number of aryl methyl sites for hydroxylation is 1. The van der Waals surface area contributed by atoms with Gasteiger partial charge >= 0.3 is 5.97 Å². The highest BCUT2D eigenvalue weighted by Crippen LogP contribution is 2.07. The summed E-state index contributed by atoms with van der Waals surface area (Å²) >= 11 is 0. The van der Waals surface area contributed by atoms with E-state index in [9.17, 15) is 9.59 Å². The number of para-hydroxylation sites is 1. The topological polar surface area (TPSA) is 72.0 Å². The van der Waals surface area contributed by atoms with Gasteiger partial charge in [0, 0.05) is 19.3 Å². The second kappa shape index (κ2) is 7.25. The van der Waals surface area contributed by atoms with E-state index in [1.165, 1.54) is 0 Å². The highest BCUT2D eigenvalue weighted by Gasteiger charge is 2.06. The number of rotatable bonds is 6.